The zero-order chi connectivity index (χ0) is 18.9. The Morgan fingerprint density at radius 2 is 1.77 bits per heavy atom. The first-order chi connectivity index (χ1) is 12.5. The second kappa shape index (κ2) is 9.68. The zero-order valence-corrected chi connectivity index (χ0v) is 15.4. The van der Waals surface area contributed by atoms with Crippen LogP contribution in [-0.4, -0.2) is 25.5 Å². The lowest BCUT2D eigenvalue weighted by Gasteiger charge is -2.11. The van der Waals surface area contributed by atoms with Crippen LogP contribution in [-0.2, 0) is 11.2 Å². The predicted octanol–water partition coefficient (Wildman–Crippen LogP) is 3.14. The molecule has 138 valence electrons. The van der Waals surface area contributed by atoms with Crippen LogP contribution in [0.2, 0.25) is 5.02 Å². The number of ether oxygens (including phenoxy) is 2. The number of aryl methyl sites for hydroxylation is 1. The Bertz CT molecular complexity index is 763. The number of hydrogen-bond acceptors (Lipinski definition) is 4. The average Bonchev–Trinajstić information content (AvgIpc) is 2.66. The highest BCUT2D eigenvalue weighted by Crippen LogP contribution is 2.27. The third-order valence-electron chi connectivity index (χ3n) is 3.60. The highest BCUT2D eigenvalue weighted by molar-refractivity contribution is 6.30. The summed E-state index contributed by atoms with van der Waals surface area (Å²) in [5, 5.41) is 0.649. The number of amides is 2. The summed E-state index contributed by atoms with van der Waals surface area (Å²) in [6.07, 6.45) is 0.796. The molecule has 6 nitrogen and oxygen atoms in total. The Hall–Kier alpha value is -2.73. The summed E-state index contributed by atoms with van der Waals surface area (Å²) in [5.41, 5.74) is 6.14. The van der Waals surface area contributed by atoms with Gasteiger partial charge in [-0.05, 0) is 49.2 Å². The van der Waals surface area contributed by atoms with Crippen molar-refractivity contribution in [2.45, 2.75) is 19.8 Å². The van der Waals surface area contributed by atoms with Gasteiger partial charge in [-0.15, -0.1) is 0 Å². The summed E-state index contributed by atoms with van der Waals surface area (Å²) in [6.45, 7) is 2.35. The van der Waals surface area contributed by atoms with Gasteiger partial charge >= 0.3 is 0 Å². The molecule has 0 spiro atoms. The molecule has 0 unspecified atom stereocenters. The third kappa shape index (κ3) is 5.67. The van der Waals surface area contributed by atoms with Gasteiger partial charge in [-0.2, -0.15) is 0 Å². The maximum absolute atomic E-state index is 12.2. The van der Waals surface area contributed by atoms with E-state index in [1.54, 1.807) is 30.3 Å². The van der Waals surface area contributed by atoms with Crippen molar-refractivity contribution in [1.82, 2.24) is 10.9 Å². The molecule has 2 rings (SSSR count). The molecule has 2 amide bonds. The number of carbonyl (C=O) groups excluding carboxylic acids is 2. The Kier molecular flexibility index (Phi) is 7.29. The lowest BCUT2D eigenvalue weighted by atomic mass is 10.1. The van der Waals surface area contributed by atoms with Crippen LogP contribution in [0, 0.1) is 0 Å². The van der Waals surface area contributed by atoms with Crippen LogP contribution >= 0.6 is 11.6 Å². The van der Waals surface area contributed by atoms with Crippen LogP contribution in [0.4, 0.5) is 0 Å². The van der Waals surface area contributed by atoms with Crippen molar-refractivity contribution in [3.63, 3.8) is 0 Å². The Morgan fingerprint density at radius 1 is 1.04 bits per heavy atom. The van der Waals surface area contributed by atoms with Gasteiger partial charge in [-0.1, -0.05) is 23.7 Å². The molecule has 0 fully saturated rings. The summed E-state index contributed by atoms with van der Waals surface area (Å²) in [4.78, 5) is 24.0. The monoisotopic (exact) mass is 376 g/mol. The molecule has 0 aliphatic heterocycles. The minimum atomic E-state index is -0.439. The summed E-state index contributed by atoms with van der Waals surface area (Å²) in [7, 11) is 1.50. The molecule has 2 N–H and O–H groups in total. The highest BCUT2D eigenvalue weighted by atomic mass is 35.5. The lowest BCUT2D eigenvalue weighted by Crippen LogP contribution is -2.41. The fourth-order valence-electron chi connectivity index (χ4n) is 2.25. The largest absolute Gasteiger partial charge is 0.493 e. The molecule has 26 heavy (non-hydrogen) atoms. The summed E-state index contributed by atoms with van der Waals surface area (Å²) in [5.74, 6) is 0.282. The molecule has 0 bridgehead atoms. The number of nitrogens with one attached hydrogen (secondary N) is 2. The van der Waals surface area contributed by atoms with Gasteiger partial charge in [0, 0.05) is 17.0 Å². The molecule has 0 saturated heterocycles. The fraction of sp³-hybridized carbons (Fsp3) is 0.263. The molecule has 0 atom stereocenters. The molecule has 7 heteroatoms. The van der Waals surface area contributed by atoms with Gasteiger partial charge in [0.25, 0.3) is 5.91 Å². The molecule has 0 saturated carbocycles. The smallest absolute Gasteiger partial charge is 0.269 e. The summed E-state index contributed by atoms with van der Waals surface area (Å²) < 4.78 is 10.6. The first-order valence-electron chi connectivity index (χ1n) is 8.18. The molecular formula is C19H21ClN2O4. The standard InChI is InChI=1S/C19H21ClN2O4/c1-3-26-16-10-7-14(12-17(16)25-2)19(24)22-21-18(23)11-6-13-4-8-15(20)9-5-13/h4-5,7-10,12H,3,6,11H2,1-2H3,(H,21,23)(H,22,24). The van der Waals surface area contributed by atoms with E-state index in [4.69, 9.17) is 21.1 Å². The number of methoxy groups -OCH3 is 1. The highest BCUT2D eigenvalue weighted by Gasteiger charge is 2.12. The van der Waals surface area contributed by atoms with Crippen molar-refractivity contribution in [1.29, 1.82) is 0 Å². The van der Waals surface area contributed by atoms with Crippen LogP contribution < -0.4 is 20.3 Å². The van der Waals surface area contributed by atoms with E-state index in [0.29, 0.717) is 35.1 Å². The van der Waals surface area contributed by atoms with Crippen molar-refractivity contribution >= 4 is 23.4 Å². The van der Waals surface area contributed by atoms with Crippen molar-refractivity contribution in [3.05, 3.63) is 58.6 Å². The van der Waals surface area contributed by atoms with E-state index >= 15 is 0 Å². The van der Waals surface area contributed by atoms with E-state index in [2.05, 4.69) is 10.9 Å². The molecule has 0 aromatic heterocycles. The molecule has 0 aliphatic rings. The summed E-state index contributed by atoms with van der Waals surface area (Å²) in [6, 6.07) is 12.1. The van der Waals surface area contributed by atoms with E-state index in [-0.39, 0.29) is 12.3 Å². The number of benzene rings is 2. The Labute approximate surface area is 157 Å². The van der Waals surface area contributed by atoms with E-state index < -0.39 is 5.91 Å². The number of carbonyl (C=O) groups is 2. The molecule has 2 aromatic carbocycles. The molecule has 2 aromatic rings. The quantitative estimate of drug-likeness (QED) is 0.728. The number of hydrazine groups is 1. The topological polar surface area (TPSA) is 76.7 Å². The molecular weight excluding hydrogens is 356 g/mol. The van der Waals surface area contributed by atoms with E-state index in [1.165, 1.54) is 7.11 Å². The first kappa shape index (κ1) is 19.6. The maximum Gasteiger partial charge on any atom is 0.269 e. The van der Waals surface area contributed by atoms with Crippen LogP contribution in [0.3, 0.4) is 0 Å². The van der Waals surface area contributed by atoms with Gasteiger partial charge in [0.2, 0.25) is 5.91 Å². The van der Waals surface area contributed by atoms with Crippen molar-refractivity contribution in [2.75, 3.05) is 13.7 Å². The van der Waals surface area contributed by atoms with Gasteiger partial charge < -0.3 is 9.47 Å². The van der Waals surface area contributed by atoms with Crippen LogP contribution in [0.15, 0.2) is 42.5 Å². The third-order valence-corrected chi connectivity index (χ3v) is 3.85. The molecule has 0 radical (unpaired) electrons. The second-order valence-electron chi connectivity index (χ2n) is 5.43. The SMILES string of the molecule is CCOc1ccc(C(=O)NNC(=O)CCc2ccc(Cl)cc2)cc1OC. The number of hydrogen-bond donors (Lipinski definition) is 2. The maximum atomic E-state index is 12.2. The average molecular weight is 377 g/mol. The van der Waals surface area contributed by atoms with Crippen LogP contribution in [0.25, 0.3) is 0 Å². The number of rotatable bonds is 7. The van der Waals surface area contributed by atoms with Gasteiger partial charge in [0.1, 0.15) is 0 Å². The minimum absolute atomic E-state index is 0.245. The van der Waals surface area contributed by atoms with Gasteiger partial charge in [-0.25, -0.2) is 0 Å². The Morgan fingerprint density at radius 3 is 2.42 bits per heavy atom. The fourth-order valence-corrected chi connectivity index (χ4v) is 2.38. The van der Waals surface area contributed by atoms with Crippen molar-refractivity contribution in [2.24, 2.45) is 0 Å². The molecule has 0 heterocycles. The minimum Gasteiger partial charge on any atom is -0.493 e. The zero-order valence-electron chi connectivity index (χ0n) is 14.7. The van der Waals surface area contributed by atoms with Gasteiger partial charge in [-0.3, -0.25) is 20.4 Å². The van der Waals surface area contributed by atoms with Crippen molar-refractivity contribution in [3.8, 4) is 11.5 Å². The first-order valence-corrected chi connectivity index (χ1v) is 8.55. The van der Waals surface area contributed by atoms with Crippen molar-refractivity contribution < 1.29 is 19.1 Å². The van der Waals surface area contributed by atoms with Crippen LogP contribution in [0.1, 0.15) is 29.3 Å². The van der Waals surface area contributed by atoms with Gasteiger partial charge in [0.15, 0.2) is 11.5 Å². The molecule has 0 aliphatic carbocycles. The van der Waals surface area contributed by atoms with E-state index in [0.717, 1.165) is 5.56 Å². The van der Waals surface area contributed by atoms with Gasteiger partial charge in [0.05, 0.1) is 13.7 Å². The lowest BCUT2D eigenvalue weighted by molar-refractivity contribution is -0.121. The number of halogens is 1. The predicted molar refractivity (Wildman–Crippen MR) is 99.5 cm³/mol. The van der Waals surface area contributed by atoms with E-state index in [9.17, 15) is 9.59 Å². The van der Waals surface area contributed by atoms with Crippen LogP contribution in [0.5, 0.6) is 11.5 Å². The second-order valence-corrected chi connectivity index (χ2v) is 5.86. The van der Waals surface area contributed by atoms with E-state index in [1.807, 2.05) is 19.1 Å². The summed E-state index contributed by atoms with van der Waals surface area (Å²) >= 11 is 5.82. The Balaban J connectivity index is 1.85. The normalized spacial score (nSPS) is 10.1.